The van der Waals surface area contributed by atoms with Crippen LogP contribution < -0.4 is 5.32 Å². The first kappa shape index (κ1) is 12.2. The number of nitrogens with zero attached hydrogens (tertiary/aromatic N) is 2. The van der Waals surface area contributed by atoms with E-state index in [1.54, 1.807) is 24.3 Å². The molecular weight excluding hydrogens is 353 g/mol. The Morgan fingerprint density at radius 2 is 1.79 bits per heavy atom. The van der Waals surface area contributed by atoms with Crippen LogP contribution in [0.25, 0.3) is 10.9 Å². The monoisotopic (exact) mass is 363 g/mol. The highest BCUT2D eigenvalue weighted by molar-refractivity contribution is 14.1. The van der Waals surface area contributed by atoms with Gasteiger partial charge in [-0.05, 0) is 65.1 Å². The number of phenols is 1. The van der Waals surface area contributed by atoms with Gasteiger partial charge in [-0.3, -0.25) is 0 Å². The highest BCUT2D eigenvalue weighted by atomic mass is 127. The molecule has 2 N–H and O–H groups in total. The van der Waals surface area contributed by atoms with E-state index in [9.17, 15) is 5.11 Å². The number of halogens is 1. The van der Waals surface area contributed by atoms with Crippen LogP contribution in [0, 0.1) is 3.57 Å². The van der Waals surface area contributed by atoms with Crippen molar-refractivity contribution in [1.29, 1.82) is 0 Å². The molecule has 19 heavy (non-hydrogen) atoms. The molecule has 0 aliphatic carbocycles. The maximum absolute atomic E-state index is 9.28. The van der Waals surface area contributed by atoms with Gasteiger partial charge in [-0.25, -0.2) is 9.97 Å². The Bertz CT molecular complexity index is 728. The Labute approximate surface area is 123 Å². The lowest BCUT2D eigenvalue weighted by atomic mass is 10.2. The molecule has 3 rings (SSSR count). The highest BCUT2D eigenvalue weighted by Crippen LogP contribution is 2.25. The third-order valence-electron chi connectivity index (χ3n) is 2.73. The molecule has 1 heterocycles. The molecule has 0 aliphatic rings. The van der Waals surface area contributed by atoms with Gasteiger partial charge in [0.2, 0.25) is 0 Å². The normalized spacial score (nSPS) is 10.6. The molecule has 1 aromatic heterocycles. The zero-order valence-corrected chi connectivity index (χ0v) is 12.0. The number of benzene rings is 2. The van der Waals surface area contributed by atoms with Gasteiger partial charge in [0.15, 0.2) is 0 Å². The van der Waals surface area contributed by atoms with Crippen LogP contribution in [0.5, 0.6) is 5.75 Å². The predicted molar refractivity (Wildman–Crippen MR) is 83.6 cm³/mol. The maximum Gasteiger partial charge on any atom is 0.141 e. The quantitative estimate of drug-likeness (QED) is 0.539. The number of nitrogens with one attached hydrogen (secondary N) is 1. The lowest BCUT2D eigenvalue weighted by Crippen LogP contribution is -1.96. The van der Waals surface area contributed by atoms with Crippen molar-refractivity contribution in [3.8, 4) is 5.75 Å². The molecule has 0 aliphatic heterocycles. The number of fused-ring (bicyclic) bond motifs is 1. The average Bonchev–Trinajstić information content (AvgIpc) is 2.42. The summed E-state index contributed by atoms with van der Waals surface area (Å²) in [4.78, 5) is 8.52. The molecule has 0 saturated carbocycles. The van der Waals surface area contributed by atoms with Crippen molar-refractivity contribution in [2.24, 2.45) is 0 Å². The van der Waals surface area contributed by atoms with Crippen LogP contribution in [0.15, 0.2) is 48.8 Å². The van der Waals surface area contributed by atoms with Crippen molar-refractivity contribution in [2.45, 2.75) is 0 Å². The minimum Gasteiger partial charge on any atom is -0.508 e. The van der Waals surface area contributed by atoms with Gasteiger partial charge in [-0.1, -0.05) is 0 Å². The van der Waals surface area contributed by atoms with Gasteiger partial charge in [0.05, 0.1) is 5.52 Å². The van der Waals surface area contributed by atoms with Crippen LogP contribution in [0.1, 0.15) is 0 Å². The molecule has 94 valence electrons. The van der Waals surface area contributed by atoms with Crippen LogP contribution in [-0.4, -0.2) is 15.1 Å². The van der Waals surface area contributed by atoms with Crippen molar-refractivity contribution in [2.75, 3.05) is 5.32 Å². The smallest absolute Gasteiger partial charge is 0.141 e. The topological polar surface area (TPSA) is 58.0 Å². The van der Waals surface area contributed by atoms with Gasteiger partial charge >= 0.3 is 0 Å². The van der Waals surface area contributed by atoms with E-state index in [2.05, 4.69) is 37.9 Å². The average molecular weight is 363 g/mol. The molecular formula is C14H10IN3O. The molecule has 0 bridgehead atoms. The van der Waals surface area contributed by atoms with Crippen molar-refractivity contribution < 1.29 is 5.11 Å². The summed E-state index contributed by atoms with van der Waals surface area (Å²) in [7, 11) is 0. The summed E-state index contributed by atoms with van der Waals surface area (Å²) in [5.41, 5.74) is 1.77. The van der Waals surface area contributed by atoms with E-state index in [0.29, 0.717) is 0 Å². The zero-order chi connectivity index (χ0) is 13.2. The minimum absolute atomic E-state index is 0.243. The summed E-state index contributed by atoms with van der Waals surface area (Å²) in [6.07, 6.45) is 1.54. The van der Waals surface area contributed by atoms with E-state index >= 15 is 0 Å². The largest absolute Gasteiger partial charge is 0.508 e. The van der Waals surface area contributed by atoms with Gasteiger partial charge < -0.3 is 10.4 Å². The number of aromatic nitrogens is 2. The second kappa shape index (κ2) is 5.00. The number of hydrogen-bond donors (Lipinski definition) is 2. The zero-order valence-electron chi connectivity index (χ0n) is 9.84. The Hall–Kier alpha value is -1.89. The molecule has 0 atom stereocenters. The van der Waals surface area contributed by atoms with E-state index in [4.69, 9.17) is 0 Å². The number of phenolic OH excluding ortho intramolecular Hbond substituents is 1. The van der Waals surface area contributed by atoms with Crippen molar-refractivity contribution in [3.05, 3.63) is 52.4 Å². The van der Waals surface area contributed by atoms with Crippen molar-refractivity contribution >= 4 is 45.0 Å². The molecule has 4 nitrogen and oxygen atoms in total. The predicted octanol–water partition coefficient (Wildman–Crippen LogP) is 3.68. The second-order valence-corrected chi connectivity index (χ2v) is 5.30. The van der Waals surface area contributed by atoms with E-state index < -0.39 is 0 Å². The van der Waals surface area contributed by atoms with Crippen LogP contribution >= 0.6 is 22.6 Å². The summed E-state index contributed by atoms with van der Waals surface area (Å²) in [5.74, 6) is 1.00. The fourth-order valence-corrected chi connectivity index (χ4v) is 2.30. The van der Waals surface area contributed by atoms with Crippen LogP contribution in [-0.2, 0) is 0 Å². The third kappa shape index (κ3) is 2.60. The first-order chi connectivity index (χ1) is 9.22. The number of anilines is 2. The van der Waals surface area contributed by atoms with Gasteiger partial charge in [0.1, 0.15) is 17.9 Å². The van der Waals surface area contributed by atoms with E-state index in [1.807, 2.05) is 18.2 Å². The van der Waals surface area contributed by atoms with Crippen LogP contribution in [0.3, 0.4) is 0 Å². The molecule has 0 amide bonds. The van der Waals surface area contributed by atoms with Gasteiger partial charge in [-0.2, -0.15) is 0 Å². The minimum atomic E-state index is 0.243. The van der Waals surface area contributed by atoms with Crippen LogP contribution in [0.4, 0.5) is 11.5 Å². The Balaban J connectivity index is 2.05. The molecule has 2 aromatic carbocycles. The van der Waals surface area contributed by atoms with Crippen molar-refractivity contribution in [3.63, 3.8) is 0 Å². The molecule has 3 aromatic rings. The first-order valence-corrected chi connectivity index (χ1v) is 6.76. The van der Waals surface area contributed by atoms with E-state index in [0.717, 1.165) is 26.0 Å². The summed E-state index contributed by atoms with van der Waals surface area (Å²) in [5, 5.41) is 13.5. The molecule has 0 fully saturated rings. The Morgan fingerprint density at radius 1 is 1.00 bits per heavy atom. The molecule has 0 spiro atoms. The van der Waals surface area contributed by atoms with E-state index in [-0.39, 0.29) is 5.75 Å². The number of aromatic hydroxyl groups is 1. The summed E-state index contributed by atoms with van der Waals surface area (Å²) < 4.78 is 1.13. The highest BCUT2D eigenvalue weighted by Gasteiger charge is 2.04. The summed E-state index contributed by atoms with van der Waals surface area (Å²) in [6.45, 7) is 0. The second-order valence-electron chi connectivity index (χ2n) is 4.06. The van der Waals surface area contributed by atoms with E-state index in [1.165, 1.54) is 6.33 Å². The standard InChI is InChI=1S/C14H10IN3O/c15-9-1-6-13-12(7-9)14(17-8-16-13)18-10-2-4-11(19)5-3-10/h1-8,19H,(H,16,17,18). The fourth-order valence-electron chi connectivity index (χ4n) is 1.81. The first-order valence-electron chi connectivity index (χ1n) is 5.69. The summed E-state index contributed by atoms with van der Waals surface area (Å²) in [6, 6.07) is 12.9. The maximum atomic E-state index is 9.28. The van der Waals surface area contributed by atoms with Crippen molar-refractivity contribution in [1.82, 2.24) is 9.97 Å². The lowest BCUT2D eigenvalue weighted by Gasteiger charge is -2.08. The number of hydrogen-bond acceptors (Lipinski definition) is 4. The SMILES string of the molecule is Oc1ccc(Nc2ncnc3ccc(I)cc23)cc1. The third-order valence-corrected chi connectivity index (χ3v) is 3.40. The molecule has 0 saturated heterocycles. The molecule has 0 unspecified atom stereocenters. The van der Waals surface area contributed by atoms with Crippen LogP contribution in [0.2, 0.25) is 0 Å². The van der Waals surface area contributed by atoms with Gasteiger partial charge in [0.25, 0.3) is 0 Å². The Morgan fingerprint density at radius 3 is 2.58 bits per heavy atom. The van der Waals surface area contributed by atoms with Gasteiger partial charge in [0, 0.05) is 14.6 Å². The molecule has 0 radical (unpaired) electrons. The lowest BCUT2D eigenvalue weighted by molar-refractivity contribution is 0.475. The number of rotatable bonds is 2. The molecule has 5 heteroatoms. The van der Waals surface area contributed by atoms with Gasteiger partial charge in [-0.15, -0.1) is 0 Å². The summed E-state index contributed by atoms with van der Waals surface area (Å²) >= 11 is 2.26. The Kier molecular flexibility index (Phi) is 3.20. The fraction of sp³-hybridized carbons (Fsp3) is 0.